The van der Waals surface area contributed by atoms with E-state index in [1.807, 2.05) is 30.3 Å². The number of nitrogens with zero attached hydrogens (tertiary/aromatic N) is 2. The van der Waals surface area contributed by atoms with Crippen LogP contribution in [0, 0.1) is 6.92 Å². The molecule has 0 fully saturated rings. The van der Waals surface area contributed by atoms with Gasteiger partial charge in [-0.25, -0.2) is 0 Å². The summed E-state index contributed by atoms with van der Waals surface area (Å²) in [5.74, 6) is 0.952. The molecule has 3 aromatic rings. The van der Waals surface area contributed by atoms with Gasteiger partial charge in [0.15, 0.2) is 5.82 Å². The highest BCUT2D eigenvalue weighted by molar-refractivity contribution is 5.83. The second-order valence-electron chi connectivity index (χ2n) is 5.70. The molecule has 1 unspecified atom stereocenters. The largest absolute Gasteiger partial charge is 0.348 e. The second kappa shape index (κ2) is 7.23. The van der Waals surface area contributed by atoms with Gasteiger partial charge in [-0.2, -0.15) is 4.98 Å². The van der Waals surface area contributed by atoms with Crippen molar-refractivity contribution < 1.29 is 9.32 Å². The van der Waals surface area contributed by atoms with Crippen LogP contribution >= 0.6 is 0 Å². The average Bonchev–Trinajstić information content (AvgIpc) is 3.03. The van der Waals surface area contributed by atoms with Crippen molar-refractivity contribution in [1.82, 2.24) is 15.5 Å². The van der Waals surface area contributed by atoms with Crippen molar-refractivity contribution in [3.8, 4) is 0 Å². The lowest BCUT2D eigenvalue weighted by Crippen LogP contribution is -2.33. The number of aryl methyl sites for hydroxylation is 2. The fourth-order valence-corrected chi connectivity index (χ4v) is 2.63. The first-order chi connectivity index (χ1) is 11.7. The van der Waals surface area contributed by atoms with Gasteiger partial charge in [0.1, 0.15) is 0 Å². The minimum Gasteiger partial charge on any atom is -0.348 e. The molecule has 0 spiro atoms. The Balaban J connectivity index is 1.65. The van der Waals surface area contributed by atoms with E-state index in [0.717, 1.165) is 16.3 Å². The Hall–Kier alpha value is -2.73. The summed E-state index contributed by atoms with van der Waals surface area (Å²) in [4.78, 5) is 16.3. The summed E-state index contributed by atoms with van der Waals surface area (Å²) >= 11 is 0. The highest BCUT2D eigenvalue weighted by Gasteiger charge is 2.14. The lowest BCUT2D eigenvalue weighted by Gasteiger charge is -2.17. The number of hydrogen-bond acceptors (Lipinski definition) is 5. The number of hydrogen-bond donors (Lipinski definition) is 2. The molecule has 124 valence electrons. The molecule has 1 atom stereocenters. The van der Waals surface area contributed by atoms with Crippen LogP contribution < -0.4 is 11.1 Å². The van der Waals surface area contributed by atoms with E-state index in [4.69, 9.17) is 10.3 Å². The lowest BCUT2D eigenvalue weighted by molar-refractivity contribution is -0.121. The van der Waals surface area contributed by atoms with E-state index in [1.165, 1.54) is 0 Å². The Kier molecular flexibility index (Phi) is 4.86. The van der Waals surface area contributed by atoms with Crippen LogP contribution in [0.15, 0.2) is 47.0 Å². The summed E-state index contributed by atoms with van der Waals surface area (Å²) in [5, 5.41) is 8.97. The predicted octanol–water partition coefficient (Wildman–Crippen LogP) is 2.28. The average molecular weight is 324 g/mol. The van der Waals surface area contributed by atoms with Crippen LogP contribution in [-0.2, 0) is 11.2 Å². The number of benzene rings is 2. The molecule has 6 nitrogen and oxygen atoms in total. The zero-order valence-electron chi connectivity index (χ0n) is 13.5. The maximum atomic E-state index is 12.2. The highest BCUT2D eigenvalue weighted by Crippen LogP contribution is 2.20. The van der Waals surface area contributed by atoms with Gasteiger partial charge >= 0.3 is 0 Å². The topological polar surface area (TPSA) is 94.0 Å². The molecular formula is C18H20N4O2. The van der Waals surface area contributed by atoms with Crippen molar-refractivity contribution in [3.63, 3.8) is 0 Å². The maximum Gasteiger partial charge on any atom is 0.227 e. The van der Waals surface area contributed by atoms with Gasteiger partial charge in [-0.3, -0.25) is 4.79 Å². The molecule has 3 rings (SSSR count). The Morgan fingerprint density at radius 3 is 2.75 bits per heavy atom. The molecule has 0 aliphatic carbocycles. The Morgan fingerprint density at radius 2 is 2.04 bits per heavy atom. The molecule has 0 saturated heterocycles. The molecule has 6 heteroatoms. The van der Waals surface area contributed by atoms with Crippen LogP contribution in [0.1, 0.15) is 29.7 Å². The van der Waals surface area contributed by atoms with Crippen LogP contribution in [0.3, 0.4) is 0 Å². The maximum absolute atomic E-state index is 12.2. The van der Waals surface area contributed by atoms with Crippen molar-refractivity contribution in [2.75, 3.05) is 6.54 Å². The molecule has 1 amide bonds. The van der Waals surface area contributed by atoms with E-state index in [-0.39, 0.29) is 18.4 Å². The van der Waals surface area contributed by atoms with Gasteiger partial charge in [-0.15, -0.1) is 0 Å². The van der Waals surface area contributed by atoms with Crippen molar-refractivity contribution >= 4 is 16.7 Å². The van der Waals surface area contributed by atoms with Gasteiger partial charge in [-0.1, -0.05) is 41.6 Å². The standard InChI is InChI=1S/C18H20N4O2/c1-12-20-18(24-22-12)9-8-17(23)21-16(11-19)15-7-6-13-4-2-3-5-14(13)10-15/h2-7,10,16H,8-9,11,19H2,1H3,(H,21,23). The van der Waals surface area contributed by atoms with Crippen LogP contribution in [0.2, 0.25) is 0 Å². The summed E-state index contributed by atoms with van der Waals surface area (Å²) in [7, 11) is 0. The molecule has 0 saturated carbocycles. The number of carbonyl (C=O) groups is 1. The number of nitrogens with one attached hydrogen (secondary N) is 1. The number of rotatable bonds is 6. The lowest BCUT2D eigenvalue weighted by atomic mass is 10.0. The summed E-state index contributed by atoms with van der Waals surface area (Å²) in [5.41, 5.74) is 6.85. The quantitative estimate of drug-likeness (QED) is 0.725. The number of carbonyl (C=O) groups excluding carboxylic acids is 1. The van der Waals surface area contributed by atoms with Crippen molar-refractivity contribution in [3.05, 3.63) is 59.7 Å². The van der Waals surface area contributed by atoms with Gasteiger partial charge in [0.05, 0.1) is 6.04 Å². The van der Waals surface area contributed by atoms with Gasteiger partial charge in [-0.05, 0) is 29.3 Å². The van der Waals surface area contributed by atoms with Crippen LogP contribution in [-0.4, -0.2) is 22.6 Å². The summed E-state index contributed by atoms with van der Waals surface area (Å²) in [6.45, 7) is 2.08. The molecule has 1 aromatic heterocycles. The minimum absolute atomic E-state index is 0.0885. The molecule has 24 heavy (non-hydrogen) atoms. The van der Waals surface area contributed by atoms with E-state index in [9.17, 15) is 4.79 Å². The molecule has 0 aliphatic heterocycles. The Bertz CT molecular complexity index is 844. The Morgan fingerprint density at radius 1 is 1.25 bits per heavy atom. The molecule has 3 N–H and O–H groups in total. The van der Waals surface area contributed by atoms with E-state index in [0.29, 0.717) is 24.7 Å². The molecular weight excluding hydrogens is 304 g/mol. The van der Waals surface area contributed by atoms with Crippen molar-refractivity contribution in [2.45, 2.75) is 25.8 Å². The number of nitrogens with two attached hydrogens (primary N) is 1. The molecule has 1 heterocycles. The molecule has 0 radical (unpaired) electrons. The van der Waals surface area contributed by atoms with E-state index < -0.39 is 0 Å². The number of amides is 1. The summed E-state index contributed by atoms with van der Waals surface area (Å²) in [6, 6.07) is 14.0. The first-order valence-electron chi connectivity index (χ1n) is 7.93. The molecule has 0 bridgehead atoms. The fraction of sp³-hybridized carbons (Fsp3) is 0.278. The van der Waals surface area contributed by atoms with E-state index >= 15 is 0 Å². The van der Waals surface area contributed by atoms with E-state index in [2.05, 4.69) is 27.6 Å². The summed E-state index contributed by atoms with van der Waals surface area (Å²) < 4.78 is 5.01. The fourth-order valence-electron chi connectivity index (χ4n) is 2.63. The third-order valence-corrected chi connectivity index (χ3v) is 3.88. The third-order valence-electron chi connectivity index (χ3n) is 3.88. The second-order valence-corrected chi connectivity index (χ2v) is 5.70. The summed E-state index contributed by atoms with van der Waals surface area (Å²) in [6.07, 6.45) is 0.702. The molecule has 2 aromatic carbocycles. The highest BCUT2D eigenvalue weighted by atomic mass is 16.5. The van der Waals surface area contributed by atoms with Gasteiger partial charge < -0.3 is 15.6 Å². The predicted molar refractivity (Wildman–Crippen MR) is 91.2 cm³/mol. The first kappa shape index (κ1) is 16.1. The zero-order valence-corrected chi connectivity index (χ0v) is 13.5. The Labute approximate surface area is 140 Å². The first-order valence-corrected chi connectivity index (χ1v) is 7.93. The van der Waals surface area contributed by atoms with E-state index in [1.54, 1.807) is 6.92 Å². The van der Waals surface area contributed by atoms with Crippen LogP contribution in [0.4, 0.5) is 0 Å². The van der Waals surface area contributed by atoms with Crippen LogP contribution in [0.25, 0.3) is 10.8 Å². The SMILES string of the molecule is Cc1noc(CCC(=O)NC(CN)c2ccc3ccccc3c2)n1. The number of aromatic nitrogens is 2. The van der Waals surface area contributed by atoms with Crippen molar-refractivity contribution in [2.24, 2.45) is 5.73 Å². The minimum atomic E-state index is -0.216. The van der Waals surface area contributed by atoms with Gasteiger partial charge in [0, 0.05) is 19.4 Å². The van der Waals surface area contributed by atoms with Gasteiger partial charge in [0.2, 0.25) is 11.8 Å². The molecule has 0 aliphatic rings. The normalized spacial score (nSPS) is 12.2. The van der Waals surface area contributed by atoms with Gasteiger partial charge in [0.25, 0.3) is 0 Å². The zero-order chi connectivity index (χ0) is 16.9. The van der Waals surface area contributed by atoms with Crippen molar-refractivity contribution in [1.29, 1.82) is 0 Å². The smallest absolute Gasteiger partial charge is 0.227 e. The third kappa shape index (κ3) is 3.78. The monoisotopic (exact) mass is 324 g/mol. The van der Waals surface area contributed by atoms with Crippen LogP contribution in [0.5, 0.6) is 0 Å². The number of fused-ring (bicyclic) bond motifs is 1.